The molecule has 0 atom stereocenters. The standard InChI is InChI=1S/C23H30N2O3/c1-18-15-19(2)17-20(16-18)28-12-6-9-24(3)23(26)21-7-4-5-8-22(21)25-10-13-27-14-11-25/h4-5,7-8,15-17H,6,9-14H2,1-3H3. The zero-order chi connectivity index (χ0) is 19.9. The van der Waals surface area contributed by atoms with Gasteiger partial charge in [0.15, 0.2) is 0 Å². The topological polar surface area (TPSA) is 42.0 Å². The fourth-order valence-electron chi connectivity index (χ4n) is 3.55. The summed E-state index contributed by atoms with van der Waals surface area (Å²) in [6, 6.07) is 14.1. The minimum absolute atomic E-state index is 0.0495. The molecule has 1 saturated heterocycles. The number of carbonyl (C=O) groups excluding carboxylic acids is 1. The van der Waals surface area contributed by atoms with E-state index in [0.717, 1.165) is 36.5 Å². The third kappa shape index (κ3) is 5.26. The van der Waals surface area contributed by atoms with Gasteiger partial charge in [-0.05, 0) is 55.7 Å². The van der Waals surface area contributed by atoms with Crippen LogP contribution < -0.4 is 9.64 Å². The van der Waals surface area contributed by atoms with Crippen LogP contribution in [0.5, 0.6) is 5.75 Å². The van der Waals surface area contributed by atoms with E-state index in [1.165, 1.54) is 11.1 Å². The lowest BCUT2D eigenvalue weighted by Gasteiger charge is -2.31. The highest BCUT2D eigenvalue weighted by atomic mass is 16.5. The molecule has 0 unspecified atom stereocenters. The highest BCUT2D eigenvalue weighted by Crippen LogP contribution is 2.23. The number of rotatable bonds is 7. The van der Waals surface area contributed by atoms with Gasteiger partial charge in [-0.15, -0.1) is 0 Å². The number of benzene rings is 2. The number of para-hydroxylation sites is 1. The summed E-state index contributed by atoms with van der Waals surface area (Å²) in [5.41, 5.74) is 4.14. The lowest BCUT2D eigenvalue weighted by molar-refractivity contribution is 0.0787. The maximum atomic E-state index is 13.0. The number of ether oxygens (including phenoxy) is 2. The third-order valence-corrected chi connectivity index (χ3v) is 4.93. The van der Waals surface area contributed by atoms with Gasteiger partial charge >= 0.3 is 0 Å². The monoisotopic (exact) mass is 382 g/mol. The maximum absolute atomic E-state index is 13.0. The molecule has 28 heavy (non-hydrogen) atoms. The smallest absolute Gasteiger partial charge is 0.255 e. The number of aryl methyl sites for hydroxylation is 2. The predicted molar refractivity (Wildman–Crippen MR) is 112 cm³/mol. The fourth-order valence-corrected chi connectivity index (χ4v) is 3.55. The van der Waals surface area contributed by atoms with Crippen LogP contribution in [0.15, 0.2) is 42.5 Å². The lowest BCUT2D eigenvalue weighted by Crippen LogP contribution is -2.38. The molecule has 3 rings (SSSR count). The van der Waals surface area contributed by atoms with Crippen LogP contribution in [-0.2, 0) is 4.74 Å². The number of anilines is 1. The van der Waals surface area contributed by atoms with Crippen molar-refractivity contribution in [1.82, 2.24) is 4.90 Å². The molecule has 1 amide bonds. The van der Waals surface area contributed by atoms with Crippen LogP contribution in [0.4, 0.5) is 5.69 Å². The molecule has 0 aromatic heterocycles. The van der Waals surface area contributed by atoms with Gasteiger partial charge in [0.2, 0.25) is 0 Å². The summed E-state index contributed by atoms with van der Waals surface area (Å²) in [7, 11) is 1.86. The third-order valence-electron chi connectivity index (χ3n) is 4.93. The first kappa shape index (κ1) is 20.2. The van der Waals surface area contributed by atoms with E-state index in [-0.39, 0.29) is 5.91 Å². The summed E-state index contributed by atoms with van der Waals surface area (Å²) < 4.78 is 11.3. The van der Waals surface area contributed by atoms with Gasteiger partial charge in [-0.1, -0.05) is 18.2 Å². The Labute approximate surface area is 167 Å². The average Bonchev–Trinajstić information content (AvgIpc) is 2.70. The molecule has 150 valence electrons. The summed E-state index contributed by atoms with van der Waals surface area (Å²) in [6.07, 6.45) is 0.787. The predicted octanol–water partition coefficient (Wildman–Crippen LogP) is 3.68. The van der Waals surface area contributed by atoms with Crippen molar-refractivity contribution in [3.63, 3.8) is 0 Å². The number of hydrogen-bond donors (Lipinski definition) is 0. The van der Waals surface area contributed by atoms with Crippen molar-refractivity contribution in [3.8, 4) is 5.75 Å². The Morgan fingerprint density at radius 2 is 1.79 bits per heavy atom. The van der Waals surface area contributed by atoms with E-state index in [2.05, 4.69) is 24.8 Å². The molecule has 1 aliphatic rings. The van der Waals surface area contributed by atoms with Crippen LogP contribution in [0.1, 0.15) is 27.9 Å². The minimum Gasteiger partial charge on any atom is -0.494 e. The quantitative estimate of drug-likeness (QED) is 0.685. The molecule has 5 nitrogen and oxygen atoms in total. The van der Waals surface area contributed by atoms with E-state index < -0.39 is 0 Å². The Bertz CT molecular complexity index is 780. The van der Waals surface area contributed by atoms with Gasteiger partial charge in [0, 0.05) is 32.4 Å². The molecular weight excluding hydrogens is 352 g/mol. The zero-order valence-corrected chi connectivity index (χ0v) is 17.1. The summed E-state index contributed by atoms with van der Waals surface area (Å²) in [5, 5.41) is 0. The highest BCUT2D eigenvalue weighted by molar-refractivity contribution is 5.99. The van der Waals surface area contributed by atoms with Crippen molar-refractivity contribution in [3.05, 3.63) is 59.2 Å². The highest BCUT2D eigenvalue weighted by Gasteiger charge is 2.20. The Balaban J connectivity index is 1.54. The van der Waals surface area contributed by atoms with Gasteiger partial charge in [0.25, 0.3) is 5.91 Å². The van der Waals surface area contributed by atoms with Crippen molar-refractivity contribution < 1.29 is 14.3 Å². The van der Waals surface area contributed by atoms with Gasteiger partial charge in [-0.2, -0.15) is 0 Å². The Hall–Kier alpha value is -2.53. The van der Waals surface area contributed by atoms with Crippen molar-refractivity contribution >= 4 is 11.6 Å². The first-order valence-corrected chi connectivity index (χ1v) is 9.93. The van der Waals surface area contributed by atoms with E-state index in [4.69, 9.17) is 9.47 Å². The van der Waals surface area contributed by atoms with E-state index in [1.54, 1.807) is 4.90 Å². The molecule has 0 N–H and O–H groups in total. The Morgan fingerprint density at radius 3 is 2.50 bits per heavy atom. The molecule has 1 aliphatic heterocycles. The average molecular weight is 383 g/mol. The number of hydrogen-bond acceptors (Lipinski definition) is 4. The van der Waals surface area contributed by atoms with E-state index in [1.807, 2.05) is 43.4 Å². The van der Waals surface area contributed by atoms with E-state index in [0.29, 0.717) is 26.4 Å². The van der Waals surface area contributed by atoms with Gasteiger partial charge in [0.05, 0.1) is 25.4 Å². The molecule has 0 aliphatic carbocycles. The molecule has 0 spiro atoms. The second kappa shape index (κ2) is 9.60. The molecular formula is C23H30N2O3. The van der Waals surface area contributed by atoms with Crippen molar-refractivity contribution in [2.24, 2.45) is 0 Å². The zero-order valence-electron chi connectivity index (χ0n) is 17.1. The van der Waals surface area contributed by atoms with Gasteiger partial charge < -0.3 is 19.3 Å². The summed E-state index contributed by atoms with van der Waals surface area (Å²) in [4.78, 5) is 17.0. The first-order valence-electron chi connectivity index (χ1n) is 9.93. The fraction of sp³-hybridized carbons (Fsp3) is 0.435. The summed E-state index contributed by atoms with van der Waals surface area (Å²) >= 11 is 0. The first-order chi connectivity index (χ1) is 13.5. The molecule has 1 heterocycles. The molecule has 2 aromatic rings. The van der Waals surface area contributed by atoms with Crippen LogP contribution in [-0.4, -0.2) is 57.3 Å². The van der Waals surface area contributed by atoms with E-state index >= 15 is 0 Å². The number of morpholine rings is 1. The Kier molecular flexibility index (Phi) is 6.93. The summed E-state index contributed by atoms with van der Waals surface area (Å²) in [6.45, 7) is 8.42. The molecule has 2 aromatic carbocycles. The SMILES string of the molecule is Cc1cc(C)cc(OCCCN(C)C(=O)c2ccccc2N2CCOCC2)c1. The van der Waals surface area contributed by atoms with Crippen LogP contribution in [0, 0.1) is 13.8 Å². The van der Waals surface area contributed by atoms with Crippen LogP contribution in [0.2, 0.25) is 0 Å². The van der Waals surface area contributed by atoms with Crippen LogP contribution in [0.3, 0.4) is 0 Å². The van der Waals surface area contributed by atoms with Crippen LogP contribution in [0.25, 0.3) is 0 Å². The van der Waals surface area contributed by atoms with Gasteiger partial charge in [0.1, 0.15) is 5.75 Å². The van der Waals surface area contributed by atoms with Crippen molar-refractivity contribution in [2.45, 2.75) is 20.3 Å². The molecule has 1 fully saturated rings. The second-order valence-electron chi connectivity index (χ2n) is 7.37. The van der Waals surface area contributed by atoms with Crippen LogP contribution >= 0.6 is 0 Å². The molecule has 0 radical (unpaired) electrons. The lowest BCUT2D eigenvalue weighted by atomic mass is 10.1. The largest absolute Gasteiger partial charge is 0.494 e. The summed E-state index contributed by atoms with van der Waals surface area (Å²) in [5.74, 6) is 0.942. The normalized spacial score (nSPS) is 14.0. The molecule has 5 heteroatoms. The van der Waals surface area contributed by atoms with Crippen molar-refractivity contribution in [1.29, 1.82) is 0 Å². The number of amides is 1. The van der Waals surface area contributed by atoms with Gasteiger partial charge in [-0.3, -0.25) is 4.79 Å². The van der Waals surface area contributed by atoms with E-state index in [9.17, 15) is 4.79 Å². The maximum Gasteiger partial charge on any atom is 0.255 e. The molecule has 0 saturated carbocycles. The van der Waals surface area contributed by atoms with Gasteiger partial charge in [-0.25, -0.2) is 0 Å². The Morgan fingerprint density at radius 1 is 1.11 bits per heavy atom. The number of carbonyl (C=O) groups is 1. The number of nitrogens with zero attached hydrogens (tertiary/aromatic N) is 2. The molecule has 0 bridgehead atoms. The van der Waals surface area contributed by atoms with Crippen molar-refractivity contribution in [2.75, 3.05) is 51.4 Å². The minimum atomic E-state index is 0.0495. The second-order valence-corrected chi connectivity index (χ2v) is 7.37.